The van der Waals surface area contributed by atoms with Crippen molar-refractivity contribution in [2.45, 2.75) is 12.8 Å². The van der Waals surface area contributed by atoms with Crippen molar-refractivity contribution in [1.82, 2.24) is 4.98 Å². The van der Waals surface area contributed by atoms with E-state index in [-0.39, 0.29) is 25.5 Å². The van der Waals surface area contributed by atoms with Crippen molar-refractivity contribution < 1.29 is 19.0 Å². The van der Waals surface area contributed by atoms with Gasteiger partial charge in [0.15, 0.2) is 0 Å². The van der Waals surface area contributed by atoms with Crippen LogP contribution in [0.2, 0.25) is 0 Å². The van der Waals surface area contributed by atoms with Crippen LogP contribution in [-0.4, -0.2) is 29.2 Å². The number of halogens is 1. The number of benzene rings is 1. The van der Waals surface area contributed by atoms with Gasteiger partial charge in [-0.15, -0.1) is 0 Å². The second kappa shape index (κ2) is 8.09. The van der Waals surface area contributed by atoms with E-state index < -0.39 is 5.82 Å². The lowest BCUT2D eigenvalue weighted by molar-refractivity contribution is -0.116. The summed E-state index contributed by atoms with van der Waals surface area (Å²) in [5, 5.41) is 11.4. The number of aromatic nitrogens is 1. The molecule has 0 radical (unpaired) electrons. The van der Waals surface area contributed by atoms with Crippen LogP contribution >= 0.6 is 0 Å². The third kappa shape index (κ3) is 5.14. The molecular weight excluding hydrogens is 287 g/mol. The van der Waals surface area contributed by atoms with Crippen LogP contribution in [0.1, 0.15) is 12.0 Å². The Bertz CT molecular complexity index is 617. The first-order valence-electron chi connectivity index (χ1n) is 6.90. The Kier molecular flexibility index (Phi) is 5.85. The summed E-state index contributed by atoms with van der Waals surface area (Å²) >= 11 is 0. The molecule has 0 bridgehead atoms. The molecule has 5 nitrogen and oxygen atoms in total. The first kappa shape index (κ1) is 15.9. The van der Waals surface area contributed by atoms with Crippen molar-refractivity contribution in [3.8, 4) is 5.75 Å². The zero-order chi connectivity index (χ0) is 15.8. The van der Waals surface area contributed by atoms with Crippen LogP contribution in [-0.2, 0) is 11.2 Å². The number of nitrogens with zero attached hydrogens (tertiary/aromatic N) is 1. The highest BCUT2D eigenvalue weighted by molar-refractivity contribution is 5.90. The van der Waals surface area contributed by atoms with Crippen LogP contribution in [0.5, 0.6) is 5.75 Å². The van der Waals surface area contributed by atoms with E-state index in [9.17, 15) is 9.18 Å². The Morgan fingerprint density at radius 3 is 2.73 bits per heavy atom. The van der Waals surface area contributed by atoms with E-state index in [1.807, 2.05) is 0 Å². The molecule has 6 heteroatoms. The summed E-state index contributed by atoms with van der Waals surface area (Å²) in [7, 11) is 0. The molecule has 22 heavy (non-hydrogen) atoms. The number of amides is 1. The summed E-state index contributed by atoms with van der Waals surface area (Å²) in [5.74, 6) is 0.0579. The molecule has 1 heterocycles. The van der Waals surface area contributed by atoms with Crippen LogP contribution in [0.15, 0.2) is 42.7 Å². The minimum Gasteiger partial charge on any atom is -0.491 e. The molecule has 0 spiro atoms. The number of aliphatic hydroxyl groups excluding tert-OH is 1. The number of aryl methyl sites for hydroxylation is 1. The number of nitrogens with one attached hydrogen (secondary N) is 1. The van der Waals surface area contributed by atoms with E-state index in [2.05, 4.69) is 10.3 Å². The number of hydrogen-bond donors (Lipinski definition) is 2. The van der Waals surface area contributed by atoms with Gasteiger partial charge >= 0.3 is 0 Å². The lowest BCUT2D eigenvalue weighted by atomic mass is 10.1. The fourth-order valence-corrected chi connectivity index (χ4v) is 1.87. The maximum atomic E-state index is 13.0. The Hall–Kier alpha value is -2.47. The van der Waals surface area contributed by atoms with E-state index >= 15 is 0 Å². The lowest BCUT2D eigenvalue weighted by Crippen LogP contribution is -2.12. The summed E-state index contributed by atoms with van der Waals surface area (Å²) in [6.45, 7) is 0.181. The molecule has 1 amide bonds. The van der Waals surface area contributed by atoms with Crippen molar-refractivity contribution in [2.24, 2.45) is 0 Å². The molecular formula is C16H17FN2O3. The summed E-state index contributed by atoms with van der Waals surface area (Å²) < 4.78 is 18.2. The molecule has 2 N–H and O–H groups in total. The number of anilines is 1. The second-order valence-electron chi connectivity index (χ2n) is 4.66. The van der Waals surface area contributed by atoms with E-state index in [0.29, 0.717) is 23.4 Å². The SMILES string of the molecule is O=C(CCc1cncc(F)c1)Nc1ccc(OCCO)cc1. The van der Waals surface area contributed by atoms with Crippen molar-refractivity contribution >= 4 is 11.6 Å². The molecule has 0 aliphatic carbocycles. The first-order chi connectivity index (χ1) is 10.7. The van der Waals surface area contributed by atoms with Crippen molar-refractivity contribution in [3.63, 3.8) is 0 Å². The number of pyridine rings is 1. The van der Waals surface area contributed by atoms with Crippen LogP contribution < -0.4 is 10.1 Å². The van der Waals surface area contributed by atoms with Gasteiger partial charge in [-0.05, 0) is 42.3 Å². The first-order valence-corrected chi connectivity index (χ1v) is 6.90. The number of hydrogen-bond acceptors (Lipinski definition) is 4. The molecule has 0 atom stereocenters. The van der Waals surface area contributed by atoms with Crippen LogP contribution in [0, 0.1) is 5.82 Å². The van der Waals surface area contributed by atoms with Gasteiger partial charge in [0, 0.05) is 18.3 Å². The molecule has 0 aliphatic rings. The Labute approximate surface area is 127 Å². The average molecular weight is 304 g/mol. The van der Waals surface area contributed by atoms with Crippen molar-refractivity contribution in [1.29, 1.82) is 0 Å². The van der Waals surface area contributed by atoms with Gasteiger partial charge in [-0.25, -0.2) is 4.39 Å². The molecule has 1 aromatic carbocycles. The largest absolute Gasteiger partial charge is 0.491 e. The molecule has 0 fully saturated rings. The topological polar surface area (TPSA) is 71.5 Å². The quantitative estimate of drug-likeness (QED) is 0.822. The van der Waals surface area contributed by atoms with E-state index in [0.717, 1.165) is 6.20 Å². The van der Waals surface area contributed by atoms with Crippen LogP contribution in [0.4, 0.5) is 10.1 Å². The van der Waals surface area contributed by atoms with Crippen molar-refractivity contribution in [2.75, 3.05) is 18.5 Å². The summed E-state index contributed by atoms with van der Waals surface area (Å²) in [6, 6.07) is 8.22. The minimum atomic E-state index is -0.406. The van der Waals surface area contributed by atoms with Gasteiger partial charge in [-0.1, -0.05) is 0 Å². The standard InChI is InChI=1S/C16H17FN2O3/c17-13-9-12(10-18-11-13)1-6-16(21)19-14-2-4-15(5-3-14)22-8-7-20/h2-5,9-11,20H,1,6-8H2,(H,19,21). The Morgan fingerprint density at radius 1 is 1.27 bits per heavy atom. The van der Waals surface area contributed by atoms with Crippen LogP contribution in [0.25, 0.3) is 0 Å². The van der Waals surface area contributed by atoms with Gasteiger partial charge in [0.25, 0.3) is 0 Å². The highest BCUT2D eigenvalue weighted by Gasteiger charge is 2.04. The van der Waals surface area contributed by atoms with Gasteiger partial charge in [0.1, 0.15) is 18.2 Å². The number of aliphatic hydroxyl groups is 1. The molecule has 2 rings (SSSR count). The molecule has 0 saturated heterocycles. The van der Waals surface area contributed by atoms with E-state index in [4.69, 9.17) is 9.84 Å². The molecule has 0 unspecified atom stereocenters. The van der Waals surface area contributed by atoms with Gasteiger partial charge in [-0.2, -0.15) is 0 Å². The maximum absolute atomic E-state index is 13.0. The predicted octanol–water partition coefficient (Wildman–Crippen LogP) is 2.16. The summed E-state index contributed by atoms with van der Waals surface area (Å²) in [5.41, 5.74) is 1.33. The molecule has 116 valence electrons. The van der Waals surface area contributed by atoms with Gasteiger partial charge < -0.3 is 15.2 Å². The Morgan fingerprint density at radius 2 is 2.05 bits per heavy atom. The van der Waals surface area contributed by atoms with Gasteiger partial charge in [0.05, 0.1) is 12.8 Å². The van der Waals surface area contributed by atoms with E-state index in [1.54, 1.807) is 30.5 Å². The molecule has 0 saturated carbocycles. The maximum Gasteiger partial charge on any atom is 0.224 e. The third-order valence-corrected chi connectivity index (χ3v) is 2.90. The highest BCUT2D eigenvalue weighted by atomic mass is 19.1. The summed E-state index contributed by atoms with van der Waals surface area (Å²) in [4.78, 5) is 15.6. The lowest BCUT2D eigenvalue weighted by Gasteiger charge is -2.07. The smallest absolute Gasteiger partial charge is 0.224 e. The molecule has 0 aliphatic heterocycles. The summed E-state index contributed by atoms with van der Waals surface area (Å²) in [6.07, 6.45) is 3.34. The fourth-order valence-electron chi connectivity index (χ4n) is 1.87. The normalized spacial score (nSPS) is 10.3. The monoisotopic (exact) mass is 304 g/mol. The number of carbonyl (C=O) groups is 1. The zero-order valence-electron chi connectivity index (χ0n) is 12.0. The molecule has 1 aromatic heterocycles. The number of ether oxygens (including phenoxy) is 1. The zero-order valence-corrected chi connectivity index (χ0v) is 12.0. The van der Waals surface area contributed by atoms with Crippen molar-refractivity contribution in [3.05, 3.63) is 54.1 Å². The Balaban J connectivity index is 1.81. The fraction of sp³-hybridized carbons (Fsp3) is 0.250. The molecule has 2 aromatic rings. The minimum absolute atomic E-state index is 0.0482. The predicted molar refractivity (Wildman–Crippen MR) is 80.2 cm³/mol. The van der Waals surface area contributed by atoms with Gasteiger partial charge in [0.2, 0.25) is 5.91 Å². The highest BCUT2D eigenvalue weighted by Crippen LogP contribution is 2.16. The van der Waals surface area contributed by atoms with E-state index in [1.165, 1.54) is 6.07 Å². The number of rotatable bonds is 7. The second-order valence-corrected chi connectivity index (χ2v) is 4.66. The third-order valence-electron chi connectivity index (χ3n) is 2.90. The van der Waals surface area contributed by atoms with Gasteiger partial charge in [-0.3, -0.25) is 9.78 Å². The van der Waals surface area contributed by atoms with Crippen LogP contribution in [0.3, 0.4) is 0 Å². The average Bonchev–Trinajstić information content (AvgIpc) is 2.52. The number of carbonyl (C=O) groups excluding carboxylic acids is 1.